The summed E-state index contributed by atoms with van der Waals surface area (Å²) >= 11 is 0. The minimum Gasteiger partial charge on any atom is -0.357 e. The zero-order valence-corrected chi connectivity index (χ0v) is 12.8. The maximum absolute atomic E-state index is 4.40. The first-order valence-electron chi connectivity index (χ1n) is 7.54. The van der Waals surface area contributed by atoms with Crippen LogP contribution < -0.4 is 15.5 Å². The van der Waals surface area contributed by atoms with Gasteiger partial charge >= 0.3 is 0 Å². The first-order valence-corrected chi connectivity index (χ1v) is 7.54. The van der Waals surface area contributed by atoms with E-state index in [0.717, 1.165) is 12.5 Å². The summed E-state index contributed by atoms with van der Waals surface area (Å²) in [5, 5.41) is 6.28. The number of hydrogen-bond acceptors (Lipinski definition) is 6. The van der Waals surface area contributed by atoms with Crippen molar-refractivity contribution >= 4 is 17.8 Å². The fourth-order valence-electron chi connectivity index (χ4n) is 2.65. The lowest BCUT2D eigenvalue weighted by atomic mass is 10.0. The Morgan fingerprint density at radius 1 is 1.10 bits per heavy atom. The minimum absolute atomic E-state index is 0.599. The summed E-state index contributed by atoms with van der Waals surface area (Å²) in [7, 11) is 5.68. The maximum Gasteiger partial charge on any atom is 0.231 e. The third kappa shape index (κ3) is 4.21. The summed E-state index contributed by atoms with van der Waals surface area (Å²) in [5.41, 5.74) is 0. The van der Waals surface area contributed by atoms with Crippen molar-refractivity contribution in [3.05, 3.63) is 0 Å². The zero-order chi connectivity index (χ0) is 14.4. The van der Waals surface area contributed by atoms with E-state index in [0.29, 0.717) is 17.8 Å². The van der Waals surface area contributed by atoms with E-state index in [2.05, 4.69) is 25.6 Å². The predicted octanol–water partition coefficient (Wildman–Crippen LogP) is 2.36. The Balaban J connectivity index is 1.83. The van der Waals surface area contributed by atoms with Crippen molar-refractivity contribution in [1.29, 1.82) is 0 Å². The summed E-state index contributed by atoms with van der Waals surface area (Å²) in [4.78, 5) is 14.9. The van der Waals surface area contributed by atoms with Gasteiger partial charge in [-0.1, -0.05) is 25.7 Å². The van der Waals surface area contributed by atoms with E-state index >= 15 is 0 Å². The molecular weight excluding hydrogens is 252 g/mol. The molecule has 0 unspecified atom stereocenters. The van der Waals surface area contributed by atoms with Crippen molar-refractivity contribution in [1.82, 2.24) is 15.0 Å². The summed E-state index contributed by atoms with van der Waals surface area (Å²) in [5.74, 6) is 2.87. The molecule has 0 aliphatic heterocycles. The summed E-state index contributed by atoms with van der Waals surface area (Å²) in [6, 6.07) is 0. The quantitative estimate of drug-likeness (QED) is 0.746. The van der Waals surface area contributed by atoms with Crippen LogP contribution in [0.15, 0.2) is 0 Å². The second kappa shape index (κ2) is 7.26. The lowest BCUT2D eigenvalue weighted by molar-refractivity contribution is 0.491. The normalized spacial score (nSPS) is 15.3. The summed E-state index contributed by atoms with van der Waals surface area (Å²) < 4.78 is 0. The molecule has 6 heteroatoms. The Hall–Kier alpha value is -1.59. The van der Waals surface area contributed by atoms with Crippen LogP contribution >= 0.6 is 0 Å². The molecule has 1 saturated carbocycles. The van der Waals surface area contributed by atoms with Gasteiger partial charge in [-0.2, -0.15) is 15.0 Å². The molecule has 0 aromatic carbocycles. The summed E-state index contributed by atoms with van der Waals surface area (Å²) in [6.45, 7) is 0.927. The summed E-state index contributed by atoms with van der Waals surface area (Å²) in [6.07, 6.45) is 8.17. The molecule has 1 aliphatic carbocycles. The van der Waals surface area contributed by atoms with Crippen LogP contribution in [-0.4, -0.2) is 42.6 Å². The number of nitrogens with zero attached hydrogens (tertiary/aromatic N) is 4. The molecule has 0 radical (unpaired) electrons. The Kier molecular flexibility index (Phi) is 5.38. The molecule has 0 bridgehead atoms. The second-order valence-corrected chi connectivity index (χ2v) is 5.65. The van der Waals surface area contributed by atoms with Gasteiger partial charge in [0.2, 0.25) is 17.8 Å². The van der Waals surface area contributed by atoms with Gasteiger partial charge < -0.3 is 15.5 Å². The fraction of sp³-hybridized carbons (Fsp3) is 0.786. The van der Waals surface area contributed by atoms with Gasteiger partial charge in [-0.05, 0) is 18.8 Å². The van der Waals surface area contributed by atoms with Gasteiger partial charge in [0.05, 0.1) is 0 Å². The highest BCUT2D eigenvalue weighted by molar-refractivity contribution is 5.42. The van der Waals surface area contributed by atoms with Gasteiger partial charge in [-0.3, -0.25) is 0 Å². The highest BCUT2D eigenvalue weighted by atomic mass is 15.3. The first-order chi connectivity index (χ1) is 9.69. The van der Waals surface area contributed by atoms with E-state index in [1.165, 1.54) is 38.5 Å². The molecule has 20 heavy (non-hydrogen) atoms. The molecule has 0 atom stereocenters. The van der Waals surface area contributed by atoms with Crippen molar-refractivity contribution in [2.45, 2.75) is 38.5 Å². The van der Waals surface area contributed by atoms with E-state index in [4.69, 9.17) is 0 Å². The third-order valence-corrected chi connectivity index (χ3v) is 3.79. The van der Waals surface area contributed by atoms with Crippen molar-refractivity contribution in [3.8, 4) is 0 Å². The standard InChI is InChI=1S/C14H26N6/c1-15-12-17-13(19-14(18-12)20(2)3)16-10-6-9-11-7-4-5-8-11/h11H,4-10H2,1-3H3,(H2,15,16,17,18,19). The van der Waals surface area contributed by atoms with Crippen LogP contribution in [0.1, 0.15) is 38.5 Å². The number of aromatic nitrogens is 3. The van der Waals surface area contributed by atoms with E-state index < -0.39 is 0 Å². The van der Waals surface area contributed by atoms with E-state index in [9.17, 15) is 0 Å². The van der Waals surface area contributed by atoms with Crippen molar-refractivity contribution in [2.24, 2.45) is 5.92 Å². The first kappa shape index (κ1) is 14.8. The van der Waals surface area contributed by atoms with Crippen molar-refractivity contribution < 1.29 is 0 Å². The van der Waals surface area contributed by atoms with Gasteiger partial charge in [0.25, 0.3) is 0 Å². The highest BCUT2D eigenvalue weighted by Crippen LogP contribution is 2.28. The van der Waals surface area contributed by atoms with E-state index in [-0.39, 0.29) is 0 Å². The molecule has 1 aromatic rings. The molecule has 2 rings (SSSR count). The molecule has 0 saturated heterocycles. The predicted molar refractivity (Wildman–Crippen MR) is 83.4 cm³/mol. The number of hydrogen-bond donors (Lipinski definition) is 2. The average Bonchev–Trinajstić information content (AvgIpc) is 2.96. The molecule has 1 heterocycles. The Morgan fingerprint density at radius 2 is 1.80 bits per heavy atom. The van der Waals surface area contributed by atoms with Crippen LogP contribution in [0.4, 0.5) is 17.8 Å². The average molecular weight is 278 g/mol. The highest BCUT2D eigenvalue weighted by Gasteiger charge is 2.14. The van der Waals surface area contributed by atoms with Crippen LogP contribution in [0.3, 0.4) is 0 Å². The van der Waals surface area contributed by atoms with Crippen LogP contribution in [0, 0.1) is 5.92 Å². The van der Waals surface area contributed by atoms with Crippen LogP contribution in [-0.2, 0) is 0 Å². The maximum atomic E-state index is 4.40. The largest absolute Gasteiger partial charge is 0.357 e. The van der Waals surface area contributed by atoms with Gasteiger partial charge in [0, 0.05) is 27.7 Å². The lowest BCUT2D eigenvalue weighted by Crippen LogP contribution is -2.17. The zero-order valence-electron chi connectivity index (χ0n) is 12.8. The fourth-order valence-corrected chi connectivity index (χ4v) is 2.65. The van der Waals surface area contributed by atoms with E-state index in [1.807, 2.05) is 26.0 Å². The molecular formula is C14H26N6. The van der Waals surface area contributed by atoms with Crippen LogP contribution in [0.25, 0.3) is 0 Å². The van der Waals surface area contributed by atoms with Crippen molar-refractivity contribution in [3.63, 3.8) is 0 Å². The van der Waals surface area contributed by atoms with Crippen LogP contribution in [0.5, 0.6) is 0 Å². The van der Waals surface area contributed by atoms with Gasteiger partial charge in [0.15, 0.2) is 0 Å². The Labute approximate surface area is 121 Å². The molecule has 1 fully saturated rings. The molecule has 6 nitrogen and oxygen atoms in total. The Morgan fingerprint density at radius 3 is 2.45 bits per heavy atom. The molecule has 0 amide bonds. The molecule has 1 aromatic heterocycles. The lowest BCUT2D eigenvalue weighted by Gasteiger charge is -2.13. The number of nitrogens with one attached hydrogen (secondary N) is 2. The van der Waals surface area contributed by atoms with Gasteiger partial charge in [-0.25, -0.2) is 0 Å². The Bertz CT molecular complexity index is 414. The van der Waals surface area contributed by atoms with Crippen LogP contribution in [0.2, 0.25) is 0 Å². The van der Waals surface area contributed by atoms with Crippen molar-refractivity contribution in [2.75, 3.05) is 43.2 Å². The molecule has 0 spiro atoms. The number of rotatable bonds is 7. The number of anilines is 3. The molecule has 1 aliphatic rings. The topological polar surface area (TPSA) is 66.0 Å². The van der Waals surface area contributed by atoms with Gasteiger partial charge in [-0.15, -0.1) is 0 Å². The smallest absolute Gasteiger partial charge is 0.231 e. The molecule has 2 N–H and O–H groups in total. The third-order valence-electron chi connectivity index (χ3n) is 3.79. The monoisotopic (exact) mass is 278 g/mol. The van der Waals surface area contributed by atoms with Gasteiger partial charge in [0.1, 0.15) is 0 Å². The second-order valence-electron chi connectivity index (χ2n) is 5.65. The molecule has 112 valence electrons. The minimum atomic E-state index is 0.599. The SMILES string of the molecule is CNc1nc(NCCCC2CCCC2)nc(N(C)C)n1. The van der Waals surface area contributed by atoms with E-state index in [1.54, 1.807) is 0 Å².